The van der Waals surface area contributed by atoms with Gasteiger partial charge in [-0.05, 0) is 85.4 Å². The van der Waals surface area contributed by atoms with Gasteiger partial charge in [0, 0.05) is 54.0 Å². The average Bonchev–Trinajstić information content (AvgIpc) is 3.74. The summed E-state index contributed by atoms with van der Waals surface area (Å²) in [5.74, 6) is -0.135. The van der Waals surface area contributed by atoms with Crippen LogP contribution in [-0.4, -0.2) is 28.1 Å². The Bertz CT molecular complexity index is 1800. The van der Waals surface area contributed by atoms with Gasteiger partial charge in [0.15, 0.2) is 23.1 Å². The van der Waals surface area contributed by atoms with E-state index in [-0.39, 0.29) is 67.0 Å². The van der Waals surface area contributed by atoms with Crippen LogP contribution in [0.25, 0.3) is 0 Å². The summed E-state index contributed by atoms with van der Waals surface area (Å²) in [6.07, 6.45) is 6.81. The summed E-state index contributed by atoms with van der Waals surface area (Å²) >= 11 is 0. The predicted molar refractivity (Wildman–Crippen MR) is 172 cm³/mol. The van der Waals surface area contributed by atoms with Crippen molar-refractivity contribution in [2.45, 2.75) is 77.7 Å². The molecule has 0 saturated heterocycles. The number of carbonyl (C=O) groups excluding carboxylic acids is 4. The van der Waals surface area contributed by atoms with Gasteiger partial charge in [-0.15, -0.1) is 0 Å². The lowest BCUT2D eigenvalue weighted by Gasteiger charge is -2.12. The quantitative estimate of drug-likeness (QED) is 0.147. The molecule has 0 amide bonds. The van der Waals surface area contributed by atoms with Crippen molar-refractivity contribution in [3.8, 4) is 5.88 Å². The Morgan fingerprint density at radius 2 is 1.18 bits per heavy atom. The molecule has 0 saturated carbocycles. The number of rotatable bonds is 13. The number of benzene rings is 3. The van der Waals surface area contributed by atoms with Gasteiger partial charge in [-0.3, -0.25) is 19.2 Å². The second kappa shape index (κ2) is 13.5. The van der Waals surface area contributed by atoms with E-state index < -0.39 is 0 Å². The summed E-state index contributed by atoms with van der Waals surface area (Å²) in [5, 5.41) is 0. The van der Waals surface area contributed by atoms with Crippen LogP contribution in [0.1, 0.15) is 113 Å². The van der Waals surface area contributed by atoms with Crippen molar-refractivity contribution < 1.29 is 23.9 Å². The molecule has 2 aliphatic carbocycles. The van der Waals surface area contributed by atoms with E-state index in [0.29, 0.717) is 27.8 Å². The van der Waals surface area contributed by atoms with Gasteiger partial charge in [0.25, 0.3) is 0 Å². The molecule has 0 fully saturated rings. The van der Waals surface area contributed by atoms with E-state index in [0.717, 1.165) is 38.5 Å². The minimum atomic E-state index is -0.212. The van der Waals surface area contributed by atoms with Crippen LogP contribution in [0.5, 0.6) is 5.88 Å². The number of ether oxygens (including phenoxy) is 1. The largest absolute Gasteiger partial charge is 0.473 e. The fraction of sp³-hybridized carbons (Fsp3) is 0.308. The first-order valence-corrected chi connectivity index (χ1v) is 15.9. The molecule has 3 aromatic carbocycles. The molecule has 0 atom stereocenters. The number of fused-ring (bicyclic) bond motifs is 2. The van der Waals surface area contributed by atoms with E-state index in [2.05, 4.69) is 4.98 Å². The molecule has 0 radical (unpaired) electrons. The number of hydrogen-bond acceptors (Lipinski definition) is 6. The number of ketones is 4. The number of aromatic nitrogens is 1. The minimum Gasteiger partial charge on any atom is -0.473 e. The number of hydrogen-bond donors (Lipinski definition) is 0. The van der Waals surface area contributed by atoms with Gasteiger partial charge in [-0.2, -0.15) is 0 Å². The van der Waals surface area contributed by atoms with Gasteiger partial charge in [0.2, 0.25) is 5.88 Å². The van der Waals surface area contributed by atoms with Crippen LogP contribution < -0.4 is 4.74 Å². The highest BCUT2D eigenvalue weighted by atomic mass is 16.5. The molecule has 0 bridgehead atoms. The summed E-state index contributed by atoms with van der Waals surface area (Å²) in [6.45, 7) is 1.89. The molecular formula is C39H37NO5. The van der Waals surface area contributed by atoms with Gasteiger partial charge in [-0.25, -0.2) is 4.98 Å². The number of aryl methyl sites for hydroxylation is 5. The second-order valence-corrected chi connectivity index (χ2v) is 12.1. The number of Topliss-reactive ketones (excluding diaryl/α,β-unsaturated/α-hetero) is 4. The van der Waals surface area contributed by atoms with E-state index in [1.54, 1.807) is 24.3 Å². The zero-order valence-corrected chi connectivity index (χ0v) is 25.7. The van der Waals surface area contributed by atoms with E-state index in [1.807, 2.05) is 55.5 Å². The zero-order valence-electron chi connectivity index (χ0n) is 25.7. The van der Waals surface area contributed by atoms with Crippen LogP contribution >= 0.6 is 0 Å². The lowest BCUT2D eigenvalue weighted by Crippen LogP contribution is -2.11. The van der Waals surface area contributed by atoms with E-state index >= 15 is 0 Å². The van der Waals surface area contributed by atoms with Crippen LogP contribution in [0.15, 0.2) is 72.8 Å². The molecule has 0 unspecified atom stereocenters. The molecule has 2 aliphatic rings. The van der Waals surface area contributed by atoms with Crippen LogP contribution in [0.2, 0.25) is 0 Å². The van der Waals surface area contributed by atoms with Crippen LogP contribution in [0, 0.1) is 6.92 Å². The highest BCUT2D eigenvalue weighted by Gasteiger charge is 2.19. The fourth-order valence-electron chi connectivity index (χ4n) is 6.43. The fourth-order valence-corrected chi connectivity index (χ4v) is 6.43. The highest BCUT2D eigenvalue weighted by Crippen LogP contribution is 2.26. The van der Waals surface area contributed by atoms with Crippen molar-refractivity contribution in [2.75, 3.05) is 0 Å². The van der Waals surface area contributed by atoms with Gasteiger partial charge < -0.3 is 4.74 Å². The number of carbonyl (C=O) groups is 4. The summed E-state index contributed by atoms with van der Waals surface area (Å²) in [5.41, 5.74) is 8.62. The summed E-state index contributed by atoms with van der Waals surface area (Å²) < 4.78 is 5.95. The van der Waals surface area contributed by atoms with Crippen molar-refractivity contribution in [2.24, 2.45) is 0 Å². The third kappa shape index (κ3) is 7.01. The Morgan fingerprint density at radius 1 is 0.622 bits per heavy atom. The van der Waals surface area contributed by atoms with Crippen LogP contribution in [-0.2, 0) is 32.3 Å². The Hall–Kier alpha value is -4.71. The molecule has 0 spiro atoms. The van der Waals surface area contributed by atoms with Crippen LogP contribution in [0.3, 0.4) is 0 Å². The Kier molecular flexibility index (Phi) is 9.11. The second-order valence-electron chi connectivity index (χ2n) is 12.1. The molecule has 1 aromatic heterocycles. The van der Waals surface area contributed by atoms with Gasteiger partial charge in [-0.1, -0.05) is 54.6 Å². The standard InChI is InChI=1S/C39H37NO5/c1-25-12-21-38(40-39(25)37(44)20-18-35(42)31-16-14-27-8-5-10-29(27)23-31)45-24-32-6-2-3-11-33(32)36(43)19-17-34(41)30-15-13-26-7-4-9-28(26)22-30/h2-3,6,11-16,21-23H,4-5,7-10,17-20,24H2,1H3. The number of pyridine rings is 1. The number of nitrogens with zero attached hydrogens (tertiary/aromatic N) is 1. The minimum absolute atomic E-state index is 0.0261. The van der Waals surface area contributed by atoms with Crippen molar-refractivity contribution in [3.63, 3.8) is 0 Å². The molecule has 0 N–H and O–H groups in total. The Balaban J connectivity index is 1.05. The van der Waals surface area contributed by atoms with Crippen molar-refractivity contribution in [1.29, 1.82) is 0 Å². The third-order valence-corrected chi connectivity index (χ3v) is 9.03. The van der Waals surface area contributed by atoms with Gasteiger partial charge >= 0.3 is 0 Å². The SMILES string of the molecule is Cc1ccc(OCc2ccccc2C(=O)CCC(=O)c2ccc3c(c2)CCC3)nc1C(=O)CCC(=O)c1ccc2c(c1)CCC2. The first-order chi connectivity index (χ1) is 21.9. The van der Waals surface area contributed by atoms with E-state index in [4.69, 9.17) is 4.74 Å². The molecular weight excluding hydrogens is 562 g/mol. The maximum Gasteiger partial charge on any atom is 0.214 e. The molecule has 228 valence electrons. The molecule has 4 aromatic rings. The van der Waals surface area contributed by atoms with Crippen LogP contribution in [0.4, 0.5) is 0 Å². The first-order valence-electron chi connectivity index (χ1n) is 15.9. The van der Waals surface area contributed by atoms with Crippen molar-refractivity contribution in [3.05, 3.63) is 129 Å². The normalized spacial score (nSPS) is 13.3. The summed E-state index contributed by atoms with van der Waals surface area (Å²) in [4.78, 5) is 56.4. The van der Waals surface area contributed by atoms with E-state index in [9.17, 15) is 19.2 Å². The van der Waals surface area contributed by atoms with E-state index in [1.165, 1.54) is 22.3 Å². The lowest BCUT2D eigenvalue weighted by atomic mass is 9.97. The monoisotopic (exact) mass is 599 g/mol. The van der Waals surface area contributed by atoms with Crippen molar-refractivity contribution >= 4 is 23.1 Å². The molecule has 6 heteroatoms. The maximum atomic E-state index is 13.2. The molecule has 1 heterocycles. The summed E-state index contributed by atoms with van der Waals surface area (Å²) in [7, 11) is 0. The molecule has 0 aliphatic heterocycles. The van der Waals surface area contributed by atoms with Crippen molar-refractivity contribution in [1.82, 2.24) is 4.98 Å². The lowest BCUT2D eigenvalue weighted by molar-refractivity contribution is 0.0913. The molecule has 45 heavy (non-hydrogen) atoms. The average molecular weight is 600 g/mol. The predicted octanol–water partition coefficient (Wildman–Crippen LogP) is 7.64. The first kappa shape index (κ1) is 30.3. The highest BCUT2D eigenvalue weighted by molar-refractivity contribution is 6.03. The summed E-state index contributed by atoms with van der Waals surface area (Å²) in [6, 6.07) is 22.4. The Morgan fingerprint density at radius 3 is 1.82 bits per heavy atom. The third-order valence-electron chi connectivity index (χ3n) is 9.03. The maximum absolute atomic E-state index is 13.2. The smallest absolute Gasteiger partial charge is 0.214 e. The van der Waals surface area contributed by atoms with Gasteiger partial charge in [0.05, 0.1) is 0 Å². The molecule has 6 rings (SSSR count). The molecule has 6 nitrogen and oxygen atoms in total. The Labute approximate surface area is 263 Å². The topological polar surface area (TPSA) is 90.4 Å². The zero-order chi connectivity index (χ0) is 31.3. The van der Waals surface area contributed by atoms with Gasteiger partial charge in [0.1, 0.15) is 12.3 Å².